The summed E-state index contributed by atoms with van der Waals surface area (Å²) in [7, 11) is 0. The minimum Gasteiger partial charge on any atom is -0.388 e. The van der Waals surface area contributed by atoms with Crippen LogP contribution >= 0.6 is 0 Å². The van der Waals surface area contributed by atoms with Crippen LogP contribution in [0.25, 0.3) is 0 Å². The van der Waals surface area contributed by atoms with Crippen molar-refractivity contribution in [2.75, 3.05) is 6.54 Å². The smallest absolute Gasteiger partial charge is 0.273 e. The number of aromatic nitrogens is 1. The highest BCUT2D eigenvalue weighted by Crippen LogP contribution is 2.22. The van der Waals surface area contributed by atoms with E-state index in [0.717, 1.165) is 6.42 Å². The Kier molecular flexibility index (Phi) is 5.56. The van der Waals surface area contributed by atoms with Crippen LogP contribution in [-0.4, -0.2) is 28.3 Å². The van der Waals surface area contributed by atoms with Crippen LogP contribution in [0.1, 0.15) is 70.6 Å². The second-order valence-electron chi connectivity index (χ2n) is 7.44. The first kappa shape index (κ1) is 17.7. The molecule has 1 amide bonds. The molecule has 0 aliphatic carbocycles. The van der Waals surface area contributed by atoms with Gasteiger partial charge >= 0.3 is 0 Å². The monoisotopic (exact) mass is 296 g/mol. The van der Waals surface area contributed by atoms with Gasteiger partial charge in [0.15, 0.2) is 5.69 Å². The molecule has 0 aromatic carbocycles. The lowest BCUT2D eigenvalue weighted by Crippen LogP contribution is -2.40. The van der Waals surface area contributed by atoms with E-state index >= 15 is 0 Å². The van der Waals surface area contributed by atoms with Crippen LogP contribution in [0, 0.1) is 5.92 Å². The van der Waals surface area contributed by atoms with E-state index in [0.29, 0.717) is 18.1 Å². The number of carbonyl (C=O) groups excluding carboxylic acids is 1. The van der Waals surface area contributed by atoms with Crippen LogP contribution in [0.2, 0.25) is 0 Å². The van der Waals surface area contributed by atoms with E-state index in [1.54, 1.807) is 13.0 Å². The van der Waals surface area contributed by atoms with Gasteiger partial charge in [0.25, 0.3) is 5.91 Å². The van der Waals surface area contributed by atoms with Crippen molar-refractivity contribution in [1.29, 1.82) is 0 Å². The lowest BCUT2D eigenvalue weighted by atomic mass is 9.93. The molecule has 1 rings (SSSR count). The summed E-state index contributed by atoms with van der Waals surface area (Å²) in [5.74, 6) is 0.871. The van der Waals surface area contributed by atoms with Crippen LogP contribution in [-0.2, 0) is 5.41 Å². The molecule has 1 aromatic rings. The molecule has 0 saturated carbocycles. The standard InChI is InChI=1S/C16H28N2O3/c1-11(2)7-8-16(6,20)10-17-14(19)12-9-13(21-18-12)15(3,4)5/h9,11,20H,7-8,10H2,1-6H3,(H,17,19). The highest BCUT2D eigenvalue weighted by atomic mass is 16.5. The molecule has 0 fully saturated rings. The van der Waals surface area contributed by atoms with Gasteiger partial charge in [-0.2, -0.15) is 0 Å². The fraction of sp³-hybridized carbons (Fsp3) is 0.750. The first-order chi connectivity index (χ1) is 9.51. The SMILES string of the molecule is CC(C)CCC(C)(O)CNC(=O)c1cc(C(C)(C)C)on1. The largest absolute Gasteiger partial charge is 0.388 e. The molecular weight excluding hydrogens is 268 g/mol. The zero-order chi connectivity index (χ0) is 16.3. The quantitative estimate of drug-likeness (QED) is 0.846. The molecule has 0 radical (unpaired) electrons. The zero-order valence-electron chi connectivity index (χ0n) is 14.0. The van der Waals surface area contributed by atoms with Crippen molar-refractivity contribution in [3.05, 3.63) is 17.5 Å². The average Bonchev–Trinajstić information content (AvgIpc) is 2.83. The van der Waals surface area contributed by atoms with Crippen molar-refractivity contribution in [3.63, 3.8) is 0 Å². The Balaban J connectivity index is 2.56. The summed E-state index contributed by atoms with van der Waals surface area (Å²) in [6, 6.07) is 1.65. The molecular formula is C16H28N2O3. The number of aliphatic hydroxyl groups is 1. The topological polar surface area (TPSA) is 75.4 Å². The molecule has 1 atom stereocenters. The highest BCUT2D eigenvalue weighted by molar-refractivity contribution is 5.92. The highest BCUT2D eigenvalue weighted by Gasteiger charge is 2.25. The van der Waals surface area contributed by atoms with Gasteiger partial charge in [0, 0.05) is 18.0 Å². The van der Waals surface area contributed by atoms with Gasteiger partial charge in [-0.1, -0.05) is 39.8 Å². The van der Waals surface area contributed by atoms with Gasteiger partial charge in [-0.15, -0.1) is 0 Å². The first-order valence-corrected chi connectivity index (χ1v) is 7.49. The van der Waals surface area contributed by atoms with Crippen LogP contribution in [0.5, 0.6) is 0 Å². The molecule has 21 heavy (non-hydrogen) atoms. The van der Waals surface area contributed by atoms with Crippen molar-refractivity contribution in [2.24, 2.45) is 5.92 Å². The number of hydrogen-bond acceptors (Lipinski definition) is 4. The molecule has 0 spiro atoms. The van der Waals surface area contributed by atoms with Crippen molar-refractivity contribution < 1.29 is 14.4 Å². The van der Waals surface area contributed by atoms with Crippen LogP contribution in [0.3, 0.4) is 0 Å². The fourth-order valence-electron chi connectivity index (χ4n) is 1.78. The van der Waals surface area contributed by atoms with E-state index in [2.05, 4.69) is 24.3 Å². The van der Waals surface area contributed by atoms with E-state index in [9.17, 15) is 9.90 Å². The maximum Gasteiger partial charge on any atom is 0.273 e. The minimum absolute atomic E-state index is 0.186. The lowest BCUT2D eigenvalue weighted by molar-refractivity contribution is 0.0427. The molecule has 0 bridgehead atoms. The van der Waals surface area contributed by atoms with Gasteiger partial charge in [0.1, 0.15) is 5.76 Å². The molecule has 2 N–H and O–H groups in total. The van der Waals surface area contributed by atoms with Gasteiger partial charge in [-0.05, 0) is 25.7 Å². The predicted octanol–water partition coefficient (Wildman–Crippen LogP) is 2.89. The number of rotatable bonds is 6. The summed E-state index contributed by atoms with van der Waals surface area (Å²) in [6.45, 7) is 12.1. The second kappa shape index (κ2) is 6.60. The number of amides is 1. The lowest BCUT2D eigenvalue weighted by Gasteiger charge is -2.24. The Hall–Kier alpha value is -1.36. The summed E-state index contributed by atoms with van der Waals surface area (Å²) in [6.07, 6.45) is 1.57. The predicted molar refractivity (Wildman–Crippen MR) is 82.2 cm³/mol. The average molecular weight is 296 g/mol. The van der Waals surface area contributed by atoms with E-state index in [1.807, 2.05) is 20.8 Å². The van der Waals surface area contributed by atoms with Crippen LogP contribution in [0.4, 0.5) is 0 Å². The van der Waals surface area contributed by atoms with Gasteiger partial charge in [0.05, 0.1) is 5.60 Å². The maximum absolute atomic E-state index is 12.0. The molecule has 0 aliphatic heterocycles. The first-order valence-electron chi connectivity index (χ1n) is 7.49. The summed E-state index contributed by atoms with van der Waals surface area (Å²) >= 11 is 0. The third-order valence-corrected chi connectivity index (χ3v) is 3.37. The molecule has 5 heteroatoms. The molecule has 120 valence electrons. The summed E-state index contributed by atoms with van der Waals surface area (Å²) in [5.41, 5.74) is -0.843. The Labute approximate surface area is 127 Å². The molecule has 1 unspecified atom stereocenters. The molecule has 0 saturated heterocycles. The van der Waals surface area contributed by atoms with Crippen molar-refractivity contribution in [2.45, 2.75) is 65.4 Å². The Morgan fingerprint density at radius 3 is 2.48 bits per heavy atom. The van der Waals surface area contributed by atoms with Gasteiger partial charge in [0.2, 0.25) is 0 Å². The third-order valence-electron chi connectivity index (χ3n) is 3.37. The third kappa shape index (κ3) is 5.87. The number of nitrogens with one attached hydrogen (secondary N) is 1. The Morgan fingerprint density at radius 1 is 1.38 bits per heavy atom. The summed E-state index contributed by atoms with van der Waals surface area (Å²) < 4.78 is 5.19. The minimum atomic E-state index is -0.906. The van der Waals surface area contributed by atoms with Crippen molar-refractivity contribution >= 4 is 5.91 Å². The Morgan fingerprint density at radius 2 is 2.00 bits per heavy atom. The van der Waals surface area contributed by atoms with Crippen molar-refractivity contribution in [1.82, 2.24) is 10.5 Å². The molecule has 5 nitrogen and oxygen atoms in total. The zero-order valence-corrected chi connectivity index (χ0v) is 14.0. The van der Waals surface area contributed by atoms with Crippen LogP contribution < -0.4 is 5.32 Å². The fourth-order valence-corrected chi connectivity index (χ4v) is 1.78. The van der Waals surface area contributed by atoms with Gasteiger partial charge in [-0.25, -0.2) is 0 Å². The normalized spacial score (nSPS) is 15.0. The van der Waals surface area contributed by atoms with E-state index < -0.39 is 5.60 Å². The maximum atomic E-state index is 12.0. The number of nitrogens with zero attached hydrogens (tertiary/aromatic N) is 1. The summed E-state index contributed by atoms with van der Waals surface area (Å²) in [5, 5.41) is 16.7. The van der Waals surface area contributed by atoms with E-state index in [-0.39, 0.29) is 23.6 Å². The number of carbonyl (C=O) groups is 1. The molecule has 0 aliphatic rings. The van der Waals surface area contributed by atoms with Crippen molar-refractivity contribution in [3.8, 4) is 0 Å². The Bertz CT molecular complexity index is 470. The molecule has 1 heterocycles. The number of hydrogen-bond donors (Lipinski definition) is 2. The molecule has 1 aromatic heterocycles. The van der Waals surface area contributed by atoms with E-state index in [4.69, 9.17) is 4.52 Å². The van der Waals surface area contributed by atoms with Gasteiger partial charge in [-0.3, -0.25) is 4.79 Å². The van der Waals surface area contributed by atoms with Crippen LogP contribution in [0.15, 0.2) is 10.6 Å². The summed E-state index contributed by atoms with van der Waals surface area (Å²) in [4.78, 5) is 12.0. The van der Waals surface area contributed by atoms with E-state index in [1.165, 1.54) is 0 Å². The second-order valence-corrected chi connectivity index (χ2v) is 7.44. The van der Waals surface area contributed by atoms with Gasteiger partial charge < -0.3 is 14.9 Å².